The number of carbonyl (C=O) groups excluding carboxylic acids is 2. The number of nitrogens with one attached hydrogen (secondary N) is 3. The number of anilines is 2. The first-order chi connectivity index (χ1) is 14.0. The summed E-state index contributed by atoms with van der Waals surface area (Å²) >= 11 is 1.31. The molecule has 1 aliphatic rings. The van der Waals surface area contributed by atoms with Gasteiger partial charge in [0.1, 0.15) is 0 Å². The quantitative estimate of drug-likeness (QED) is 0.598. The second kappa shape index (κ2) is 8.22. The van der Waals surface area contributed by atoms with E-state index in [0.717, 1.165) is 42.1 Å². The van der Waals surface area contributed by atoms with Crippen molar-refractivity contribution in [2.75, 3.05) is 50.0 Å². The number of aromatic nitrogens is 2. The van der Waals surface area contributed by atoms with Crippen LogP contribution in [0.25, 0.3) is 10.2 Å². The molecule has 0 atom stereocenters. The summed E-state index contributed by atoms with van der Waals surface area (Å²) in [5, 5.41) is 12.7. The van der Waals surface area contributed by atoms with Crippen LogP contribution in [-0.2, 0) is 0 Å². The highest BCUT2D eigenvalue weighted by molar-refractivity contribution is 7.21. The summed E-state index contributed by atoms with van der Waals surface area (Å²) in [6.07, 6.45) is 0. The molecule has 4 rings (SSSR count). The number of piperazine rings is 1. The minimum absolute atomic E-state index is 0.126. The maximum Gasteiger partial charge on any atom is 0.261 e. The molecule has 0 bridgehead atoms. The van der Waals surface area contributed by atoms with Crippen LogP contribution in [0.5, 0.6) is 0 Å². The van der Waals surface area contributed by atoms with E-state index in [0.29, 0.717) is 22.8 Å². The molecule has 3 N–H and O–H groups in total. The number of aromatic amines is 1. The number of carbonyl (C=O) groups is 2. The Morgan fingerprint density at radius 2 is 1.86 bits per heavy atom. The van der Waals surface area contributed by atoms with Gasteiger partial charge >= 0.3 is 0 Å². The Morgan fingerprint density at radius 1 is 1.14 bits per heavy atom. The van der Waals surface area contributed by atoms with E-state index in [1.807, 2.05) is 31.2 Å². The highest BCUT2D eigenvalue weighted by atomic mass is 32.1. The Bertz CT molecular complexity index is 1020. The van der Waals surface area contributed by atoms with E-state index in [1.165, 1.54) is 11.3 Å². The van der Waals surface area contributed by atoms with Crippen LogP contribution in [0.1, 0.15) is 27.0 Å². The van der Waals surface area contributed by atoms with Gasteiger partial charge in [0, 0.05) is 44.0 Å². The summed E-state index contributed by atoms with van der Waals surface area (Å²) in [7, 11) is 2.13. The van der Waals surface area contributed by atoms with Crippen molar-refractivity contribution in [2.45, 2.75) is 6.92 Å². The van der Waals surface area contributed by atoms with Crippen LogP contribution in [-0.4, -0.2) is 66.7 Å². The van der Waals surface area contributed by atoms with E-state index in [4.69, 9.17) is 0 Å². The van der Waals surface area contributed by atoms with E-state index in [1.54, 1.807) is 6.07 Å². The van der Waals surface area contributed by atoms with Crippen molar-refractivity contribution in [3.8, 4) is 0 Å². The van der Waals surface area contributed by atoms with Crippen molar-refractivity contribution in [2.24, 2.45) is 0 Å². The van der Waals surface area contributed by atoms with Crippen molar-refractivity contribution in [1.82, 2.24) is 20.4 Å². The molecule has 2 aromatic heterocycles. The van der Waals surface area contributed by atoms with Crippen LogP contribution in [0, 0.1) is 0 Å². The molecule has 1 aliphatic heterocycles. The number of thiophene rings is 1. The van der Waals surface area contributed by atoms with Gasteiger partial charge in [0.25, 0.3) is 11.8 Å². The molecule has 0 saturated carbocycles. The molecule has 2 amide bonds. The van der Waals surface area contributed by atoms with Gasteiger partial charge in [-0.05, 0) is 44.3 Å². The monoisotopic (exact) mass is 412 g/mol. The maximum absolute atomic E-state index is 12.7. The van der Waals surface area contributed by atoms with Gasteiger partial charge < -0.3 is 20.4 Å². The molecule has 0 radical (unpaired) electrons. The second-order valence-electron chi connectivity index (χ2n) is 7.08. The number of fused-ring (bicyclic) bond motifs is 1. The summed E-state index contributed by atoms with van der Waals surface area (Å²) in [6.45, 7) is 6.49. The molecule has 152 valence electrons. The third-order valence-corrected chi connectivity index (χ3v) is 6.17. The predicted molar refractivity (Wildman–Crippen MR) is 116 cm³/mol. The lowest BCUT2D eigenvalue weighted by atomic mass is 10.1. The van der Waals surface area contributed by atoms with Gasteiger partial charge in [-0.15, -0.1) is 11.3 Å². The van der Waals surface area contributed by atoms with Gasteiger partial charge in [-0.1, -0.05) is 0 Å². The van der Waals surface area contributed by atoms with Gasteiger partial charge in [-0.25, -0.2) is 0 Å². The Labute approximate surface area is 172 Å². The van der Waals surface area contributed by atoms with Gasteiger partial charge in [0.2, 0.25) is 0 Å². The first-order valence-electron chi connectivity index (χ1n) is 9.66. The fraction of sp³-hybridized carbons (Fsp3) is 0.350. The van der Waals surface area contributed by atoms with Crippen LogP contribution < -0.4 is 15.5 Å². The lowest BCUT2D eigenvalue weighted by Gasteiger charge is -2.34. The number of rotatable bonds is 5. The number of likely N-dealkylation sites (N-methyl/N-ethyl adjacent to an activating group) is 1. The molecular formula is C20H24N6O2S. The Kier molecular flexibility index (Phi) is 5.50. The standard InChI is InChI=1S/C20H24N6O2S/c1-3-21-20(28)16-12-15-17(29-16)18(24-23-15)22-19(27)13-4-6-14(7-5-13)26-10-8-25(2)9-11-26/h4-7,12H,3,8-11H2,1-2H3,(H,21,28)(H2,22,23,24,27). The fourth-order valence-corrected chi connectivity index (χ4v) is 4.30. The fourth-order valence-electron chi connectivity index (χ4n) is 3.33. The van der Waals surface area contributed by atoms with Crippen LogP contribution in [0.2, 0.25) is 0 Å². The van der Waals surface area contributed by atoms with Gasteiger partial charge in [-0.2, -0.15) is 5.10 Å². The summed E-state index contributed by atoms with van der Waals surface area (Å²) in [5.74, 6) is 0.0869. The van der Waals surface area contributed by atoms with E-state index in [9.17, 15) is 9.59 Å². The first-order valence-corrected chi connectivity index (χ1v) is 10.5. The Balaban J connectivity index is 1.46. The van der Waals surface area contributed by atoms with Crippen molar-refractivity contribution in [3.05, 3.63) is 40.8 Å². The van der Waals surface area contributed by atoms with Crippen molar-refractivity contribution in [3.63, 3.8) is 0 Å². The molecule has 3 heterocycles. The smallest absolute Gasteiger partial charge is 0.261 e. The molecule has 29 heavy (non-hydrogen) atoms. The lowest BCUT2D eigenvalue weighted by Crippen LogP contribution is -2.44. The number of nitrogens with zero attached hydrogens (tertiary/aromatic N) is 3. The molecule has 1 aromatic carbocycles. The lowest BCUT2D eigenvalue weighted by molar-refractivity contribution is 0.0959. The molecule has 0 unspecified atom stereocenters. The Hall–Kier alpha value is -2.91. The zero-order valence-electron chi connectivity index (χ0n) is 16.5. The van der Waals surface area contributed by atoms with Gasteiger partial charge in [-0.3, -0.25) is 14.7 Å². The van der Waals surface area contributed by atoms with Crippen LogP contribution in [0.4, 0.5) is 11.5 Å². The minimum atomic E-state index is -0.226. The second-order valence-corrected chi connectivity index (χ2v) is 8.13. The largest absolute Gasteiger partial charge is 0.369 e. The van der Waals surface area contributed by atoms with E-state index in [-0.39, 0.29) is 11.8 Å². The topological polar surface area (TPSA) is 93.4 Å². The number of amides is 2. The Morgan fingerprint density at radius 3 is 2.55 bits per heavy atom. The third-order valence-electron chi connectivity index (χ3n) is 5.03. The normalized spacial score (nSPS) is 14.9. The number of hydrogen-bond donors (Lipinski definition) is 3. The molecular weight excluding hydrogens is 388 g/mol. The molecule has 8 nitrogen and oxygen atoms in total. The highest BCUT2D eigenvalue weighted by Gasteiger charge is 2.18. The number of H-pyrrole nitrogens is 1. The molecule has 0 aliphatic carbocycles. The summed E-state index contributed by atoms with van der Waals surface area (Å²) in [5.41, 5.74) is 2.43. The van der Waals surface area contributed by atoms with E-state index >= 15 is 0 Å². The van der Waals surface area contributed by atoms with Crippen LogP contribution in [0.15, 0.2) is 30.3 Å². The SMILES string of the molecule is CCNC(=O)c1cc2[nH]nc(NC(=O)c3ccc(N4CCN(C)CC4)cc3)c2s1. The van der Waals surface area contributed by atoms with Crippen LogP contribution >= 0.6 is 11.3 Å². The van der Waals surface area contributed by atoms with Crippen LogP contribution in [0.3, 0.4) is 0 Å². The number of hydrogen-bond acceptors (Lipinski definition) is 6. The van der Waals surface area contributed by atoms with Crippen molar-refractivity contribution >= 4 is 44.9 Å². The molecule has 1 fully saturated rings. The zero-order valence-corrected chi connectivity index (χ0v) is 17.3. The summed E-state index contributed by atoms with van der Waals surface area (Å²) in [4.78, 5) is 29.9. The van der Waals surface area contributed by atoms with Gasteiger partial charge in [0.05, 0.1) is 15.1 Å². The minimum Gasteiger partial charge on any atom is -0.369 e. The van der Waals surface area contributed by atoms with Gasteiger partial charge in [0.15, 0.2) is 5.82 Å². The van der Waals surface area contributed by atoms with E-state index < -0.39 is 0 Å². The molecule has 1 saturated heterocycles. The molecule has 9 heteroatoms. The third kappa shape index (κ3) is 4.10. The van der Waals surface area contributed by atoms with E-state index in [2.05, 4.69) is 37.7 Å². The molecule has 3 aromatic rings. The van der Waals surface area contributed by atoms with Crippen molar-refractivity contribution < 1.29 is 9.59 Å². The zero-order chi connectivity index (χ0) is 20.4. The number of benzene rings is 1. The average Bonchev–Trinajstić information content (AvgIpc) is 3.31. The summed E-state index contributed by atoms with van der Waals surface area (Å²) < 4.78 is 0.758. The maximum atomic E-state index is 12.7. The highest BCUT2D eigenvalue weighted by Crippen LogP contribution is 2.30. The average molecular weight is 413 g/mol. The first kappa shape index (κ1) is 19.4. The predicted octanol–water partition coefficient (Wildman–Crippen LogP) is 2.38. The van der Waals surface area contributed by atoms with Crippen molar-refractivity contribution in [1.29, 1.82) is 0 Å². The summed E-state index contributed by atoms with van der Waals surface area (Å²) in [6, 6.07) is 9.39. The molecule has 0 spiro atoms.